The van der Waals surface area contributed by atoms with Gasteiger partial charge in [0.1, 0.15) is 5.75 Å². The van der Waals surface area contributed by atoms with Crippen LogP contribution in [0.2, 0.25) is 0 Å². The van der Waals surface area contributed by atoms with Crippen molar-refractivity contribution in [2.75, 3.05) is 32.5 Å². The van der Waals surface area contributed by atoms with Crippen LogP contribution in [0.5, 0.6) is 5.75 Å². The van der Waals surface area contributed by atoms with Gasteiger partial charge in [0.15, 0.2) is 0 Å². The molecule has 1 amide bonds. The fraction of sp³-hybridized carbons (Fsp3) is 0.632. The van der Waals surface area contributed by atoms with Crippen LogP contribution in [-0.2, 0) is 21.2 Å². The van der Waals surface area contributed by atoms with Crippen molar-refractivity contribution in [3.63, 3.8) is 0 Å². The third-order valence-corrected chi connectivity index (χ3v) is 5.85. The number of para-hydroxylation sites is 1. The van der Waals surface area contributed by atoms with Gasteiger partial charge in [-0.05, 0) is 43.7 Å². The summed E-state index contributed by atoms with van der Waals surface area (Å²) in [5.41, 5.74) is 1.15. The minimum absolute atomic E-state index is 0.0473. The summed E-state index contributed by atoms with van der Waals surface area (Å²) in [5, 5.41) is 2.96. The van der Waals surface area contributed by atoms with Crippen LogP contribution in [0.4, 0.5) is 0 Å². The first kappa shape index (κ1) is 20.7. The number of piperidine rings is 1. The van der Waals surface area contributed by atoms with E-state index in [1.807, 2.05) is 18.2 Å². The van der Waals surface area contributed by atoms with Gasteiger partial charge in [-0.25, -0.2) is 12.7 Å². The lowest BCUT2D eigenvalue weighted by Gasteiger charge is -2.30. The fourth-order valence-corrected chi connectivity index (χ4v) is 4.07. The van der Waals surface area contributed by atoms with Crippen molar-refractivity contribution in [3.05, 3.63) is 29.8 Å². The standard InChI is InChI=1S/C19H30N2O4S/c1-3-14-25-18-11-5-4-8-16(18)9-6-12-20-19(22)17-10-7-13-21(15-17)26(2,23)24/h4-5,8,11,17H,3,6-7,9-10,12-15H2,1-2H3,(H,20,22). The third-order valence-electron chi connectivity index (χ3n) is 4.58. The Morgan fingerprint density at radius 3 is 2.85 bits per heavy atom. The number of ether oxygens (including phenoxy) is 1. The molecule has 1 fully saturated rings. The topological polar surface area (TPSA) is 75.7 Å². The molecule has 0 bridgehead atoms. The second kappa shape index (κ2) is 9.92. The summed E-state index contributed by atoms with van der Waals surface area (Å²) in [6.07, 6.45) is 5.29. The second-order valence-corrected chi connectivity index (χ2v) is 8.79. The normalized spacial score (nSPS) is 18.5. The summed E-state index contributed by atoms with van der Waals surface area (Å²) in [6.45, 7) is 4.16. The Morgan fingerprint density at radius 1 is 1.35 bits per heavy atom. The molecular weight excluding hydrogens is 352 g/mol. The molecule has 0 radical (unpaired) electrons. The molecule has 0 spiro atoms. The maximum Gasteiger partial charge on any atom is 0.224 e. The van der Waals surface area contributed by atoms with Crippen LogP contribution < -0.4 is 10.1 Å². The molecule has 7 heteroatoms. The van der Waals surface area contributed by atoms with Crippen LogP contribution in [0.25, 0.3) is 0 Å². The lowest BCUT2D eigenvalue weighted by molar-refractivity contribution is -0.126. The lowest BCUT2D eigenvalue weighted by Crippen LogP contribution is -2.45. The van der Waals surface area contributed by atoms with Gasteiger partial charge in [0, 0.05) is 19.6 Å². The predicted octanol–water partition coefficient (Wildman–Crippen LogP) is 2.20. The Kier molecular flexibility index (Phi) is 7.90. The number of benzene rings is 1. The highest BCUT2D eigenvalue weighted by molar-refractivity contribution is 7.88. The summed E-state index contributed by atoms with van der Waals surface area (Å²) in [6, 6.07) is 7.99. The monoisotopic (exact) mass is 382 g/mol. The maximum atomic E-state index is 12.3. The molecule has 6 nitrogen and oxygen atoms in total. The molecular formula is C19H30N2O4S. The van der Waals surface area contributed by atoms with Crippen LogP contribution in [0.3, 0.4) is 0 Å². The van der Waals surface area contributed by atoms with Gasteiger partial charge in [-0.2, -0.15) is 0 Å². The first-order chi connectivity index (χ1) is 12.4. The number of hydrogen-bond donors (Lipinski definition) is 1. The number of nitrogens with zero attached hydrogens (tertiary/aromatic N) is 1. The van der Waals surface area contributed by atoms with Gasteiger partial charge in [-0.3, -0.25) is 4.79 Å². The van der Waals surface area contributed by atoms with Gasteiger partial charge in [-0.1, -0.05) is 25.1 Å². The smallest absolute Gasteiger partial charge is 0.224 e. The number of carbonyl (C=O) groups is 1. The van der Waals surface area contributed by atoms with E-state index in [1.54, 1.807) is 0 Å². The summed E-state index contributed by atoms with van der Waals surface area (Å²) in [4.78, 5) is 12.3. The van der Waals surface area contributed by atoms with Crippen molar-refractivity contribution in [1.82, 2.24) is 9.62 Å². The zero-order valence-corrected chi connectivity index (χ0v) is 16.6. The first-order valence-electron chi connectivity index (χ1n) is 9.35. The maximum absolute atomic E-state index is 12.3. The largest absolute Gasteiger partial charge is 0.493 e. The molecule has 0 aromatic heterocycles. The van der Waals surface area contributed by atoms with Gasteiger partial charge in [0.25, 0.3) is 0 Å². The van der Waals surface area contributed by atoms with E-state index in [-0.39, 0.29) is 11.8 Å². The van der Waals surface area contributed by atoms with E-state index in [2.05, 4.69) is 18.3 Å². The molecule has 1 atom stereocenters. The average Bonchev–Trinajstić information content (AvgIpc) is 2.63. The fourth-order valence-electron chi connectivity index (χ4n) is 3.16. The number of rotatable bonds is 9. The lowest BCUT2D eigenvalue weighted by atomic mass is 9.99. The van der Waals surface area contributed by atoms with E-state index < -0.39 is 10.0 Å². The number of sulfonamides is 1. The Labute approximate surface area is 157 Å². The van der Waals surface area contributed by atoms with Gasteiger partial charge in [-0.15, -0.1) is 0 Å². The molecule has 1 saturated heterocycles. The van der Waals surface area contributed by atoms with Gasteiger partial charge in [0.2, 0.25) is 15.9 Å². The summed E-state index contributed by atoms with van der Waals surface area (Å²) in [5.74, 6) is 0.615. The van der Waals surface area contributed by atoms with Crippen LogP contribution in [0.15, 0.2) is 24.3 Å². The molecule has 1 aliphatic heterocycles. The number of aryl methyl sites for hydroxylation is 1. The van der Waals surface area contributed by atoms with E-state index in [9.17, 15) is 13.2 Å². The average molecular weight is 383 g/mol. The first-order valence-corrected chi connectivity index (χ1v) is 11.2. The highest BCUT2D eigenvalue weighted by atomic mass is 32.2. The Morgan fingerprint density at radius 2 is 2.12 bits per heavy atom. The van der Waals surface area contributed by atoms with E-state index in [0.717, 1.165) is 43.4 Å². The molecule has 1 aromatic carbocycles. The quantitative estimate of drug-likeness (QED) is 0.665. The molecule has 0 aliphatic carbocycles. The van der Waals surface area contributed by atoms with Crippen molar-refractivity contribution in [3.8, 4) is 5.75 Å². The zero-order valence-electron chi connectivity index (χ0n) is 15.7. The Balaban J connectivity index is 1.77. The molecule has 1 aromatic rings. The molecule has 26 heavy (non-hydrogen) atoms. The number of hydrogen-bond acceptors (Lipinski definition) is 4. The van der Waals surface area contributed by atoms with E-state index in [1.165, 1.54) is 10.6 Å². The number of carbonyl (C=O) groups excluding carboxylic acids is 1. The van der Waals surface area contributed by atoms with Gasteiger partial charge in [0.05, 0.1) is 18.8 Å². The Hall–Kier alpha value is -1.60. The summed E-state index contributed by atoms with van der Waals surface area (Å²) in [7, 11) is -3.23. The van der Waals surface area contributed by atoms with Crippen LogP contribution in [-0.4, -0.2) is 51.1 Å². The van der Waals surface area contributed by atoms with E-state index >= 15 is 0 Å². The Bertz CT molecular complexity index is 691. The van der Waals surface area contributed by atoms with Crippen LogP contribution >= 0.6 is 0 Å². The SMILES string of the molecule is CCCOc1ccccc1CCCNC(=O)C1CCCN(S(C)(=O)=O)C1. The molecule has 1 N–H and O–H groups in total. The van der Waals surface area contributed by atoms with E-state index in [0.29, 0.717) is 26.2 Å². The van der Waals surface area contributed by atoms with Crippen molar-refractivity contribution < 1.29 is 17.9 Å². The third kappa shape index (κ3) is 6.29. The van der Waals surface area contributed by atoms with Crippen LogP contribution in [0.1, 0.15) is 38.2 Å². The number of nitrogens with one attached hydrogen (secondary N) is 1. The molecule has 1 aliphatic rings. The minimum atomic E-state index is -3.23. The molecule has 1 unspecified atom stereocenters. The highest BCUT2D eigenvalue weighted by Gasteiger charge is 2.29. The van der Waals surface area contributed by atoms with E-state index in [4.69, 9.17) is 4.74 Å². The highest BCUT2D eigenvalue weighted by Crippen LogP contribution is 2.20. The minimum Gasteiger partial charge on any atom is -0.493 e. The van der Waals surface area contributed by atoms with Gasteiger partial charge >= 0.3 is 0 Å². The molecule has 2 rings (SSSR count). The van der Waals surface area contributed by atoms with Crippen molar-refractivity contribution in [2.24, 2.45) is 5.92 Å². The summed E-state index contributed by atoms with van der Waals surface area (Å²) >= 11 is 0. The van der Waals surface area contributed by atoms with Crippen molar-refractivity contribution in [1.29, 1.82) is 0 Å². The second-order valence-electron chi connectivity index (χ2n) is 6.81. The van der Waals surface area contributed by atoms with Crippen molar-refractivity contribution >= 4 is 15.9 Å². The predicted molar refractivity (Wildman–Crippen MR) is 103 cm³/mol. The van der Waals surface area contributed by atoms with Crippen molar-refractivity contribution in [2.45, 2.75) is 39.0 Å². The number of amides is 1. The summed E-state index contributed by atoms with van der Waals surface area (Å²) < 4.78 is 30.5. The molecule has 146 valence electrons. The molecule has 0 saturated carbocycles. The molecule has 1 heterocycles. The van der Waals surface area contributed by atoms with Gasteiger partial charge < -0.3 is 10.1 Å². The van der Waals surface area contributed by atoms with Crippen LogP contribution in [0, 0.1) is 5.92 Å². The zero-order chi connectivity index (χ0) is 19.0.